The van der Waals surface area contributed by atoms with Crippen LogP contribution in [0.3, 0.4) is 0 Å². The number of phosphoric acid groups is 1. The first-order chi connectivity index (χ1) is 10.6. The van der Waals surface area contributed by atoms with Crippen molar-refractivity contribution in [1.82, 2.24) is 9.55 Å². The van der Waals surface area contributed by atoms with Crippen LogP contribution in [0.2, 0.25) is 0 Å². The van der Waals surface area contributed by atoms with Gasteiger partial charge in [-0.15, -0.1) is 0 Å². The molecule has 0 aromatic carbocycles. The number of aliphatic hydroxyl groups is 2. The van der Waals surface area contributed by atoms with Crippen LogP contribution in [0.25, 0.3) is 0 Å². The fourth-order valence-electron chi connectivity index (χ4n) is 2.32. The maximum absolute atomic E-state index is 11.4. The molecule has 0 unspecified atom stereocenters. The van der Waals surface area contributed by atoms with Crippen LogP contribution in [0.15, 0.2) is 17.1 Å². The number of aromatic nitrogens is 2. The van der Waals surface area contributed by atoms with E-state index in [-0.39, 0.29) is 5.95 Å². The minimum absolute atomic E-state index is 0.162. The molecule has 1 saturated heterocycles. The average molecular weight is 351 g/mol. The van der Waals surface area contributed by atoms with Crippen molar-refractivity contribution in [3.05, 3.63) is 22.6 Å². The second-order valence-corrected chi connectivity index (χ2v) is 6.36. The van der Waals surface area contributed by atoms with Crippen LogP contribution in [0.4, 0.5) is 5.95 Å². The van der Waals surface area contributed by atoms with E-state index in [9.17, 15) is 19.6 Å². The molecule has 1 fully saturated rings. The largest absolute Gasteiger partial charge is 0.470 e. The van der Waals surface area contributed by atoms with Gasteiger partial charge in [0, 0.05) is 26.4 Å². The number of ether oxygens (including phenoxy) is 1. The molecule has 11 nitrogen and oxygen atoms in total. The van der Waals surface area contributed by atoms with Gasteiger partial charge in [-0.2, -0.15) is 4.98 Å². The minimum Gasteiger partial charge on any atom is -0.394 e. The van der Waals surface area contributed by atoms with E-state index < -0.39 is 44.5 Å². The van der Waals surface area contributed by atoms with E-state index in [0.29, 0.717) is 0 Å². The van der Waals surface area contributed by atoms with Crippen LogP contribution >= 0.6 is 7.82 Å². The zero-order valence-corrected chi connectivity index (χ0v) is 13.3. The van der Waals surface area contributed by atoms with Crippen LogP contribution in [-0.4, -0.2) is 68.6 Å². The van der Waals surface area contributed by atoms with Crippen molar-refractivity contribution < 1.29 is 33.8 Å². The van der Waals surface area contributed by atoms with Crippen molar-refractivity contribution in [1.29, 1.82) is 0 Å². The molecule has 0 radical (unpaired) electrons. The molecule has 1 aromatic heterocycles. The van der Waals surface area contributed by atoms with Crippen LogP contribution in [0.1, 0.15) is 6.23 Å². The standard InChI is InChI=1S/C11H18N3O8P/c1-13(2)11-12-7(16)3-4-14(11)10-8(17)9(6(5-15)21-10)22-23(18,19)20/h3-4,6,8-10,15,17H,5H2,1-2H3,(H2,18,19,20)/t6-,8-,9-,10-/m1/s1. The van der Waals surface area contributed by atoms with Gasteiger partial charge < -0.3 is 29.6 Å². The lowest BCUT2D eigenvalue weighted by Crippen LogP contribution is -2.36. The second-order valence-electron chi connectivity index (χ2n) is 5.17. The first-order valence-electron chi connectivity index (χ1n) is 6.59. The fraction of sp³-hybridized carbons (Fsp3) is 0.636. The highest BCUT2D eigenvalue weighted by molar-refractivity contribution is 7.46. The molecule has 1 aliphatic rings. The highest BCUT2D eigenvalue weighted by Gasteiger charge is 2.48. The number of anilines is 1. The quantitative estimate of drug-likeness (QED) is 0.439. The molecule has 0 bridgehead atoms. The van der Waals surface area contributed by atoms with E-state index in [4.69, 9.17) is 14.5 Å². The third kappa shape index (κ3) is 3.96. The highest BCUT2D eigenvalue weighted by Crippen LogP contribution is 2.44. The molecule has 2 heterocycles. The molecule has 2 rings (SSSR count). The summed E-state index contributed by atoms with van der Waals surface area (Å²) in [5, 5.41) is 19.6. The summed E-state index contributed by atoms with van der Waals surface area (Å²) in [6.45, 7) is -0.622. The summed E-state index contributed by atoms with van der Waals surface area (Å²) < 4.78 is 22.3. The van der Waals surface area contributed by atoms with Crippen LogP contribution in [0, 0.1) is 0 Å². The van der Waals surface area contributed by atoms with Gasteiger partial charge in [0.15, 0.2) is 6.23 Å². The third-order valence-electron chi connectivity index (χ3n) is 3.24. The van der Waals surface area contributed by atoms with Gasteiger partial charge in [0.25, 0.3) is 5.56 Å². The van der Waals surface area contributed by atoms with Crippen molar-refractivity contribution >= 4 is 13.8 Å². The molecular formula is C11H18N3O8P. The molecule has 0 aliphatic carbocycles. The number of rotatable bonds is 5. The lowest BCUT2D eigenvalue weighted by molar-refractivity contribution is -0.0524. The zero-order valence-electron chi connectivity index (χ0n) is 12.4. The van der Waals surface area contributed by atoms with E-state index >= 15 is 0 Å². The van der Waals surface area contributed by atoms with Crippen LogP contribution in [-0.2, 0) is 13.8 Å². The van der Waals surface area contributed by atoms with Gasteiger partial charge in [-0.05, 0) is 0 Å². The van der Waals surface area contributed by atoms with E-state index in [2.05, 4.69) is 9.51 Å². The molecule has 0 spiro atoms. The van der Waals surface area contributed by atoms with Gasteiger partial charge in [0.05, 0.1) is 6.61 Å². The Morgan fingerprint density at radius 2 is 2.13 bits per heavy atom. The van der Waals surface area contributed by atoms with E-state index in [1.807, 2.05) is 0 Å². The van der Waals surface area contributed by atoms with Gasteiger partial charge in [-0.3, -0.25) is 13.9 Å². The Hall–Kier alpha value is -1.33. The summed E-state index contributed by atoms with van der Waals surface area (Å²) in [6, 6.07) is 1.15. The summed E-state index contributed by atoms with van der Waals surface area (Å²) >= 11 is 0. The molecule has 12 heteroatoms. The molecule has 4 atom stereocenters. The van der Waals surface area contributed by atoms with Gasteiger partial charge in [-0.25, -0.2) is 4.57 Å². The Kier molecular flexibility index (Phi) is 5.21. The Morgan fingerprint density at radius 3 is 2.65 bits per heavy atom. The Bertz CT molecular complexity index is 659. The monoisotopic (exact) mass is 351 g/mol. The number of phosphoric ester groups is 1. The molecule has 23 heavy (non-hydrogen) atoms. The summed E-state index contributed by atoms with van der Waals surface area (Å²) in [5.41, 5.74) is -0.501. The second kappa shape index (κ2) is 6.65. The number of hydrogen-bond donors (Lipinski definition) is 4. The van der Waals surface area contributed by atoms with Gasteiger partial charge in [0.1, 0.15) is 18.3 Å². The maximum Gasteiger partial charge on any atom is 0.470 e. The first kappa shape index (κ1) is 18.0. The van der Waals surface area contributed by atoms with E-state index in [1.54, 1.807) is 14.1 Å². The lowest BCUT2D eigenvalue weighted by atomic mass is 10.1. The highest BCUT2D eigenvalue weighted by atomic mass is 31.2. The molecule has 1 aromatic rings. The molecule has 0 amide bonds. The minimum atomic E-state index is -4.90. The topological polar surface area (TPSA) is 155 Å². The maximum atomic E-state index is 11.4. The Labute approximate surface area is 131 Å². The molecule has 130 valence electrons. The fourth-order valence-corrected chi connectivity index (χ4v) is 2.90. The van der Waals surface area contributed by atoms with Crippen molar-refractivity contribution in [2.45, 2.75) is 24.5 Å². The average Bonchev–Trinajstić information content (AvgIpc) is 2.74. The van der Waals surface area contributed by atoms with Crippen LogP contribution in [0.5, 0.6) is 0 Å². The van der Waals surface area contributed by atoms with Crippen LogP contribution < -0.4 is 10.5 Å². The molecule has 1 aliphatic heterocycles. The zero-order chi connectivity index (χ0) is 17.4. The first-order valence-corrected chi connectivity index (χ1v) is 8.12. The summed E-state index contributed by atoms with van der Waals surface area (Å²) in [7, 11) is -1.66. The summed E-state index contributed by atoms with van der Waals surface area (Å²) in [6.07, 6.45) is -3.92. The predicted molar refractivity (Wildman–Crippen MR) is 76.7 cm³/mol. The van der Waals surface area contributed by atoms with Crippen molar-refractivity contribution in [2.24, 2.45) is 0 Å². The Morgan fingerprint density at radius 1 is 1.48 bits per heavy atom. The van der Waals surface area contributed by atoms with E-state index in [0.717, 1.165) is 6.07 Å². The molecular weight excluding hydrogens is 333 g/mol. The SMILES string of the molecule is CN(C)c1nc(=O)ccn1[C@@H]1O[C@H](CO)[C@@H](OP(=O)(O)O)[C@H]1O. The van der Waals surface area contributed by atoms with Gasteiger partial charge in [-0.1, -0.05) is 0 Å². The smallest absolute Gasteiger partial charge is 0.394 e. The normalized spacial score (nSPS) is 28.1. The predicted octanol–water partition coefficient (Wildman–Crippen LogP) is -1.96. The van der Waals surface area contributed by atoms with Gasteiger partial charge in [0.2, 0.25) is 5.95 Å². The van der Waals surface area contributed by atoms with Gasteiger partial charge >= 0.3 is 7.82 Å². The number of aliphatic hydroxyl groups excluding tert-OH is 2. The Balaban J connectivity index is 2.38. The van der Waals surface area contributed by atoms with E-state index in [1.165, 1.54) is 15.7 Å². The summed E-state index contributed by atoms with van der Waals surface area (Å²) in [5.74, 6) is 0.162. The van der Waals surface area contributed by atoms with Crippen molar-refractivity contribution in [2.75, 3.05) is 25.6 Å². The van der Waals surface area contributed by atoms with Crippen molar-refractivity contribution in [3.63, 3.8) is 0 Å². The lowest BCUT2D eigenvalue weighted by Gasteiger charge is -2.24. The number of hydrogen-bond acceptors (Lipinski definition) is 8. The summed E-state index contributed by atoms with van der Waals surface area (Å²) in [4.78, 5) is 34.5. The third-order valence-corrected chi connectivity index (χ3v) is 3.76. The van der Waals surface area contributed by atoms with Crippen molar-refractivity contribution in [3.8, 4) is 0 Å². The number of nitrogens with zero attached hydrogens (tertiary/aromatic N) is 3. The molecule has 0 saturated carbocycles. The molecule has 4 N–H and O–H groups in total.